The molecule has 0 aliphatic carbocycles. The van der Waals surface area contributed by atoms with Crippen LogP contribution in [0.1, 0.15) is 19.3 Å². The van der Waals surface area contributed by atoms with Crippen LogP contribution in [-0.2, 0) is 4.79 Å². The summed E-state index contributed by atoms with van der Waals surface area (Å²) in [6.45, 7) is 2.54. The molecule has 0 saturated carbocycles. The fraction of sp³-hybridized carbons (Fsp3) is 0.833. The van der Waals surface area contributed by atoms with Crippen LogP contribution in [0.3, 0.4) is 0 Å². The van der Waals surface area contributed by atoms with Crippen LogP contribution in [0, 0.1) is 5.92 Å². The maximum Gasteiger partial charge on any atom is 0.317 e. The molecule has 1 fully saturated rings. The number of unbranched alkanes of at least 4 members (excludes halogenated alkanes) is 1. The first-order chi connectivity index (χ1) is 8.50. The summed E-state index contributed by atoms with van der Waals surface area (Å²) in [7, 11) is 4.05. The molecule has 6 heteroatoms. The van der Waals surface area contributed by atoms with E-state index >= 15 is 0 Å². The Morgan fingerprint density at radius 1 is 1.39 bits per heavy atom. The van der Waals surface area contributed by atoms with Crippen molar-refractivity contribution in [2.75, 3.05) is 40.3 Å². The highest BCUT2D eigenvalue weighted by molar-refractivity contribution is 5.77. The molecule has 0 radical (unpaired) electrons. The van der Waals surface area contributed by atoms with Crippen molar-refractivity contribution < 1.29 is 14.7 Å². The number of carboxylic acid groups (broad SMARTS) is 1. The molecule has 1 unspecified atom stereocenters. The van der Waals surface area contributed by atoms with Gasteiger partial charge in [-0.05, 0) is 39.9 Å². The van der Waals surface area contributed by atoms with E-state index in [4.69, 9.17) is 5.11 Å². The van der Waals surface area contributed by atoms with Crippen molar-refractivity contribution >= 4 is 12.0 Å². The number of carboxylic acids is 1. The maximum absolute atomic E-state index is 11.7. The summed E-state index contributed by atoms with van der Waals surface area (Å²) in [5.74, 6) is -1.21. The van der Waals surface area contributed by atoms with E-state index in [1.807, 2.05) is 14.1 Å². The molecule has 0 bridgehead atoms. The van der Waals surface area contributed by atoms with Gasteiger partial charge >= 0.3 is 12.0 Å². The van der Waals surface area contributed by atoms with Gasteiger partial charge < -0.3 is 20.2 Å². The molecule has 0 aromatic carbocycles. The summed E-state index contributed by atoms with van der Waals surface area (Å²) >= 11 is 0. The Labute approximate surface area is 108 Å². The minimum atomic E-state index is -0.809. The van der Waals surface area contributed by atoms with Gasteiger partial charge in [0, 0.05) is 19.6 Å². The minimum absolute atomic E-state index is 0.136. The van der Waals surface area contributed by atoms with E-state index in [1.165, 1.54) is 0 Å². The van der Waals surface area contributed by atoms with Crippen LogP contribution in [0.15, 0.2) is 0 Å². The molecule has 1 rings (SSSR count). The molecule has 1 aliphatic rings. The van der Waals surface area contributed by atoms with Gasteiger partial charge in [0.15, 0.2) is 0 Å². The van der Waals surface area contributed by atoms with E-state index < -0.39 is 11.9 Å². The molecule has 104 valence electrons. The third kappa shape index (κ3) is 4.91. The molecule has 1 atom stereocenters. The fourth-order valence-electron chi connectivity index (χ4n) is 2.01. The zero-order valence-corrected chi connectivity index (χ0v) is 11.2. The van der Waals surface area contributed by atoms with Gasteiger partial charge in [-0.15, -0.1) is 0 Å². The van der Waals surface area contributed by atoms with Gasteiger partial charge in [-0.3, -0.25) is 4.79 Å². The lowest BCUT2D eigenvalue weighted by molar-refractivity contribution is -0.141. The summed E-state index contributed by atoms with van der Waals surface area (Å²) in [6, 6.07) is -0.136. The van der Waals surface area contributed by atoms with Gasteiger partial charge in [0.05, 0.1) is 5.92 Å². The highest BCUT2D eigenvalue weighted by Crippen LogP contribution is 2.15. The number of carbonyl (C=O) groups is 2. The average Bonchev–Trinajstić information content (AvgIpc) is 2.77. The van der Waals surface area contributed by atoms with Crippen LogP contribution in [0.5, 0.6) is 0 Å². The maximum atomic E-state index is 11.7. The topological polar surface area (TPSA) is 72.9 Å². The highest BCUT2D eigenvalue weighted by Gasteiger charge is 2.30. The number of carbonyl (C=O) groups excluding carboxylic acids is 1. The molecule has 2 N–H and O–H groups in total. The van der Waals surface area contributed by atoms with E-state index in [0.717, 1.165) is 19.4 Å². The predicted octanol–water partition coefficient (Wildman–Crippen LogP) is 0.444. The lowest BCUT2D eigenvalue weighted by Gasteiger charge is -2.17. The molecule has 0 spiro atoms. The molecule has 0 aromatic heterocycles. The van der Waals surface area contributed by atoms with E-state index in [-0.39, 0.29) is 6.03 Å². The zero-order chi connectivity index (χ0) is 13.5. The summed E-state index contributed by atoms with van der Waals surface area (Å²) in [4.78, 5) is 26.2. The Bertz CT molecular complexity index is 294. The fourth-order valence-corrected chi connectivity index (χ4v) is 2.01. The quantitative estimate of drug-likeness (QED) is 0.677. The van der Waals surface area contributed by atoms with Crippen molar-refractivity contribution in [2.24, 2.45) is 5.92 Å². The number of rotatable bonds is 6. The number of hydrogen-bond donors (Lipinski definition) is 2. The van der Waals surface area contributed by atoms with Crippen LogP contribution in [-0.4, -0.2) is 67.2 Å². The van der Waals surface area contributed by atoms with Gasteiger partial charge in [0.25, 0.3) is 0 Å². The monoisotopic (exact) mass is 257 g/mol. The minimum Gasteiger partial charge on any atom is -0.481 e. The first kappa shape index (κ1) is 14.8. The average molecular weight is 257 g/mol. The van der Waals surface area contributed by atoms with Crippen molar-refractivity contribution in [3.8, 4) is 0 Å². The zero-order valence-electron chi connectivity index (χ0n) is 11.2. The van der Waals surface area contributed by atoms with Crippen molar-refractivity contribution in [1.82, 2.24) is 15.1 Å². The summed E-state index contributed by atoms with van der Waals surface area (Å²) in [6.07, 6.45) is 2.55. The third-order valence-electron chi connectivity index (χ3n) is 3.13. The van der Waals surface area contributed by atoms with Gasteiger partial charge in [0.1, 0.15) is 0 Å². The van der Waals surface area contributed by atoms with E-state index in [9.17, 15) is 9.59 Å². The summed E-state index contributed by atoms with van der Waals surface area (Å²) < 4.78 is 0. The second-order valence-corrected chi connectivity index (χ2v) is 5.01. The van der Waals surface area contributed by atoms with Crippen molar-refractivity contribution in [1.29, 1.82) is 0 Å². The van der Waals surface area contributed by atoms with Crippen molar-refractivity contribution in [3.63, 3.8) is 0 Å². The predicted molar refractivity (Wildman–Crippen MR) is 68.5 cm³/mol. The van der Waals surface area contributed by atoms with E-state index in [0.29, 0.717) is 26.1 Å². The molecule has 18 heavy (non-hydrogen) atoms. The van der Waals surface area contributed by atoms with Crippen LogP contribution in [0.2, 0.25) is 0 Å². The largest absolute Gasteiger partial charge is 0.481 e. The SMILES string of the molecule is CN(C)CCCCNC(=O)N1CCC(C(=O)O)C1. The molecule has 1 saturated heterocycles. The van der Waals surface area contributed by atoms with Gasteiger partial charge in [-0.1, -0.05) is 0 Å². The lowest BCUT2D eigenvalue weighted by Crippen LogP contribution is -2.39. The Kier molecular flexibility index (Phi) is 5.91. The van der Waals surface area contributed by atoms with Crippen LogP contribution in [0.4, 0.5) is 4.79 Å². The smallest absolute Gasteiger partial charge is 0.317 e. The Balaban J connectivity index is 2.12. The Hall–Kier alpha value is -1.30. The number of nitrogens with one attached hydrogen (secondary N) is 1. The number of amides is 2. The first-order valence-corrected chi connectivity index (χ1v) is 6.41. The molecule has 1 heterocycles. The van der Waals surface area contributed by atoms with Gasteiger partial charge in [-0.25, -0.2) is 4.79 Å². The summed E-state index contributed by atoms with van der Waals surface area (Å²) in [5.41, 5.74) is 0. The molecular formula is C12H23N3O3. The molecular weight excluding hydrogens is 234 g/mol. The third-order valence-corrected chi connectivity index (χ3v) is 3.13. The lowest BCUT2D eigenvalue weighted by atomic mass is 10.1. The van der Waals surface area contributed by atoms with Gasteiger partial charge in [0.2, 0.25) is 0 Å². The number of likely N-dealkylation sites (tertiary alicyclic amines) is 1. The normalized spacial score (nSPS) is 19.3. The summed E-state index contributed by atoms with van der Waals surface area (Å²) in [5, 5.41) is 11.7. The van der Waals surface area contributed by atoms with E-state index in [2.05, 4.69) is 10.2 Å². The number of nitrogens with zero attached hydrogens (tertiary/aromatic N) is 2. The number of urea groups is 1. The number of hydrogen-bond acceptors (Lipinski definition) is 3. The van der Waals surface area contributed by atoms with Crippen molar-refractivity contribution in [3.05, 3.63) is 0 Å². The molecule has 0 aromatic rings. The van der Waals surface area contributed by atoms with Crippen molar-refractivity contribution in [2.45, 2.75) is 19.3 Å². The molecule has 6 nitrogen and oxygen atoms in total. The molecule has 2 amide bonds. The highest BCUT2D eigenvalue weighted by atomic mass is 16.4. The standard InChI is InChI=1S/C12H23N3O3/c1-14(2)7-4-3-6-13-12(18)15-8-5-10(9-15)11(16)17/h10H,3-9H2,1-2H3,(H,13,18)(H,16,17). The van der Waals surface area contributed by atoms with Crippen LogP contribution < -0.4 is 5.32 Å². The number of aliphatic carboxylic acids is 1. The van der Waals surface area contributed by atoms with E-state index in [1.54, 1.807) is 4.90 Å². The Morgan fingerprint density at radius 2 is 2.11 bits per heavy atom. The Morgan fingerprint density at radius 3 is 2.67 bits per heavy atom. The van der Waals surface area contributed by atoms with Crippen LogP contribution in [0.25, 0.3) is 0 Å². The molecule has 1 aliphatic heterocycles. The van der Waals surface area contributed by atoms with Crippen LogP contribution >= 0.6 is 0 Å². The second kappa shape index (κ2) is 7.20. The van der Waals surface area contributed by atoms with Gasteiger partial charge in [-0.2, -0.15) is 0 Å². The first-order valence-electron chi connectivity index (χ1n) is 6.41. The second-order valence-electron chi connectivity index (χ2n) is 5.01.